The smallest absolute Gasteiger partial charge is 0.268 e. The Balaban J connectivity index is 4.21. The molecule has 9 heteroatoms. The van der Waals surface area contributed by atoms with Crippen LogP contribution in [0.2, 0.25) is 0 Å². The Morgan fingerprint density at radius 1 is 0.933 bits per heavy atom. The number of hydrogen-bond donors (Lipinski definition) is 0. The number of phosphoric acid groups is 1. The van der Waals surface area contributed by atoms with Crippen LogP contribution < -0.4 is 4.89 Å². The molecule has 0 rings (SSSR count). The predicted octanol–water partition coefficient (Wildman–Crippen LogP) is 2.18. The molecule has 0 saturated carbocycles. The highest BCUT2D eigenvalue weighted by molar-refractivity contribution is 7.45. The molecule has 0 aliphatic rings. The highest BCUT2D eigenvalue weighted by Gasteiger charge is 2.20. The van der Waals surface area contributed by atoms with Gasteiger partial charge < -0.3 is 13.9 Å². The van der Waals surface area contributed by atoms with Crippen molar-refractivity contribution in [3.05, 3.63) is 0 Å². The van der Waals surface area contributed by atoms with Gasteiger partial charge in [0.2, 0.25) is 0 Å². The molecule has 15 heavy (non-hydrogen) atoms. The second kappa shape index (κ2) is 8.37. The molecule has 0 fully saturated rings. The van der Waals surface area contributed by atoms with Gasteiger partial charge in [-0.3, -0.25) is 4.57 Å². The Kier molecular flexibility index (Phi) is 9.08. The van der Waals surface area contributed by atoms with Gasteiger partial charge in [0, 0.05) is 0 Å². The first-order valence-electron chi connectivity index (χ1n) is 3.90. The van der Waals surface area contributed by atoms with Crippen LogP contribution in [0, 0.1) is 0 Å². The summed E-state index contributed by atoms with van der Waals surface area (Å²) < 4.78 is 20.4. The van der Waals surface area contributed by atoms with Crippen LogP contribution in [0.1, 0.15) is 0 Å². The monoisotopic (exact) mass is 317 g/mol. The van der Waals surface area contributed by atoms with Crippen molar-refractivity contribution in [2.75, 3.05) is 23.5 Å². The fraction of sp³-hybridized carbons (Fsp3) is 1.00. The summed E-state index contributed by atoms with van der Waals surface area (Å²) in [6.07, 6.45) is -1.63. The molecule has 0 aromatic heterocycles. The first kappa shape index (κ1) is 16.3. The van der Waals surface area contributed by atoms with Crippen LogP contribution in [0.3, 0.4) is 0 Å². The first-order chi connectivity index (χ1) is 6.99. The summed E-state index contributed by atoms with van der Waals surface area (Å²) >= 11 is 21.6. The summed E-state index contributed by atoms with van der Waals surface area (Å²) in [6, 6.07) is 0. The number of alkyl halides is 4. The summed E-state index contributed by atoms with van der Waals surface area (Å²) in [6.45, 7) is 0. The van der Waals surface area contributed by atoms with Gasteiger partial charge in [-0.2, -0.15) is 0 Å². The third-order valence-corrected chi connectivity index (χ3v) is 3.73. The molecule has 0 aliphatic carbocycles. The topological polar surface area (TPSA) is 58.6 Å². The minimum absolute atomic E-state index is 0.0501. The van der Waals surface area contributed by atoms with Gasteiger partial charge >= 0.3 is 0 Å². The van der Waals surface area contributed by atoms with Gasteiger partial charge in [-0.05, 0) is 0 Å². The maximum Gasteiger partial charge on any atom is 0.268 e. The lowest BCUT2D eigenvalue weighted by Gasteiger charge is -2.28. The fourth-order valence-electron chi connectivity index (χ4n) is 0.585. The summed E-state index contributed by atoms with van der Waals surface area (Å²) in [5.41, 5.74) is 0. The Labute approximate surface area is 108 Å². The van der Waals surface area contributed by atoms with E-state index in [0.717, 1.165) is 0 Å². The molecule has 0 N–H and O–H groups in total. The lowest BCUT2D eigenvalue weighted by Crippen LogP contribution is -2.25. The minimum atomic E-state index is -4.46. The normalized spacial score (nSPS) is 12.7. The van der Waals surface area contributed by atoms with E-state index >= 15 is 0 Å². The van der Waals surface area contributed by atoms with E-state index in [9.17, 15) is 9.46 Å². The Morgan fingerprint density at radius 2 is 1.20 bits per heavy atom. The van der Waals surface area contributed by atoms with Crippen molar-refractivity contribution in [3.8, 4) is 0 Å². The summed E-state index contributed by atoms with van der Waals surface area (Å²) in [4.78, 5) is 11.2. The van der Waals surface area contributed by atoms with Crippen LogP contribution in [-0.4, -0.2) is 35.7 Å². The van der Waals surface area contributed by atoms with Gasteiger partial charge in [0.25, 0.3) is 7.82 Å². The molecule has 0 heterocycles. The van der Waals surface area contributed by atoms with E-state index in [1.54, 1.807) is 0 Å². The first-order valence-corrected chi connectivity index (χ1v) is 7.50. The molecule has 0 spiro atoms. The SMILES string of the molecule is O=P([O-])(OC(CCl)CCl)OC(CCl)CCl. The standard InChI is InChI=1S/C6H11Cl4O4P/c7-1-5(2-8)13-15(11,12)14-6(3-9)4-10/h5-6H,1-4H2,(H,11,12)/p-1. The molecule has 0 unspecified atom stereocenters. The third kappa shape index (κ3) is 7.24. The highest BCUT2D eigenvalue weighted by Crippen LogP contribution is 2.42. The van der Waals surface area contributed by atoms with Gasteiger partial charge in [-0.15, -0.1) is 46.4 Å². The van der Waals surface area contributed by atoms with E-state index in [0.29, 0.717) is 0 Å². The van der Waals surface area contributed by atoms with Gasteiger partial charge in [-0.25, -0.2) is 0 Å². The van der Waals surface area contributed by atoms with E-state index < -0.39 is 20.0 Å². The zero-order chi connectivity index (χ0) is 11.9. The number of hydrogen-bond acceptors (Lipinski definition) is 4. The number of halogens is 4. The van der Waals surface area contributed by atoms with Crippen LogP contribution >= 0.6 is 54.2 Å². The Hall–Kier alpha value is 1.27. The van der Waals surface area contributed by atoms with Crippen molar-refractivity contribution in [3.63, 3.8) is 0 Å². The molecule has 0 aromatic rings. The molecule has 0 saturated heterocycles. The van der Waals surface area contributed by atoms with Crippen LogP contribution in [0.25, 0.3) is 0 Å². The Bertz CT molecular complexity index is 191. The van der Waals surface area contributed by atoms with E-state index in [1.165, 1.54) is 0 Å². The van der Waals surface area contributed by atoms with Crippen LogP contribution in [0.15, 0.2) is 0 Å². The molecular weight excluding hydrogens is 309 g/mol. The van der Waals surface area contributed by atoms with Crippen LogP contribution in [0.4, 0.5) is 0 Å². The average molecular weight is 319 g/mol. The molecule has 0 aliphatic heterocycles. The van der Waals surface area contributed by atoms with Crippen molar-refractivity contribution in [1.82, 2.24) is 0 Å². The molecular formula is C6H10Cl4O4P-. The highest BCUT2D eigenvalue weighted by atomic mass is 35.5. The number of phosphoric ester groups is 1. The second-order valence-corrected chi connectivity index (χ2v) is 5.07. The molecule has 0 aromatic carbocycles. The second-order valence-electron chi connectivity index (χ2n) is 2.52. The van der Waals surface area contributed by atoms with Crippen molar-refractivity contribution in [2.24, 2.45) is 0 Å². The lowest BCUT2D eigenvalue weighted by atomic mass is 10.5. The maximum absolute atomic E-state index is 11.2. The number of rotatable bonds is 8. The van der Waals surface area contributed by atoms with Gasteiger partial charge in [0.1, 0.15) is 0 Å². The third-order valence-electron chi connectivity index (χ3n) is 1.24. The molecule has 0 radical (unpaired) electrons. The van der Waals surface area contributed by atoms with Crippen molar-refractivity contribution in [1.29, 1.82) is 0 Å². The zero-order valence-electron chi connectivity index (χ0n) is 7.58. The van der Waals surface area contributed by atoms with Crippen molar-refractivity contribution >= 4 is 54.2 Å². The van der Waals surface area contributed by atoms with Crippen LogP contribution in [0.5, 0.6) is 0 Å². The van der Waals surface area contributed by atoms with Crippen molar-refractivity contribution < 1.29 is 18.5 Å². The van der Waals surface area contributed by atoms with Gasteiger partial charge in [-0.1, -0.05) is 0 Å². The lowest BCUT2D eigenvalue weighted by molar-refractivity contribution is -0.230. The molecule has 4 nitrogen and oxygen atoms in total. The molecule has 0 atom stereocenters. The molecule has 0 bridgehead atoms. The molecule has 0 amide bonds. The minimum Gasteiger partial charge on any atom is -0.756 e. The Morgan fingerprint density at radius 3 is 1.40 bits per heavy atom. The van der Waals surface area contributed by atoms with E-state index in [2.05, 4.69) is 9.05 Å². The van der Waals surface area contributed by atoms with E-state index in [1.807, 2.05) is 0 Å². The molecule has 92 valence electrons. The largest absolute Gasteiger partial charge is 0.756 e. The maximum atomic E-state index is 11.2. The van der Waals surface area contributed by atoms with Gasteiger partial charge in [0.15, 0.2) is 0 Å². The fourth-order valence-corrected chi connectivity index (χ4v) is 2.93. The van der Waals surface area contributed by atoms with Gasteiger partial charge in [0.05, 0.1) is 35.7 Å². The quantitative estimate of drug-likeness (QED) is 0.508. The summed E-state index contributed by atoms with van der Waals surface area (Å²) in [7, 11) is -4.46. The summed E-state index contributed by atoms with van der Waals surface area (Å²) in [5, 5.41) is 0. The van der Waals surface area contributed by atoms with Crippen LogP contribution in [-0.2, 0) is 13.6 Å². The summed E-state index contributed by atoms with van der Waals surface area (Å²) in [5.74, 6) is -0.200. The predicted molar refractivity (Wildman–Crippen MR) is 60.2 cm³/mol. The zero-order valence-corrected chi connectivity index (χ0v) is 11.5. The van der Waals surface area contributed by atoms with E-state index in [4.69, 9.17) is 46.4 Å². The van der Waals surface area contributed by atoms with Crippen molar-refractivity contribution in [2.45, 2.75) is 12.2 Å². The average Bonchev–Trinajstić information content (AvgIpc) is 2.22. The van der Waals surface area contributed by atoms with E-state index in [-0.39, 0.29) is 23.5 Å².